The van der Waals surface area contributed by atoms with Gasteiger partial charge < -0.3 is 19.5 Å². The molecule has 90 valence electrons. The van der Waals surface area contributed by atoms with Gasteiger partial charge in [0, 0.05) is 19.7 Å². The molecular weight excluding hydrogens is 206 g/mol. The maximum Gasteiger partial charge on any atom is 0.142 e. The number of benzene rings is 1. The lowest BCUT2D eigenvalue weighted by Crippen LogP contribution is -2.27. The van der Waals surface area contributed by atoms with Crippen LogP contribution in [0.3, 0.4) is 0 Å². The monoisotopic (exact) mass is 225 g/mol. The lowest BCUT2D eigenvalue weighted by atomic mass is 10.2. The van der Waals surface area contributed by atoms with Crippen molar-refractivity contribution in [3.8, 4) is 11.5 Å². The highest BCUT2D eigenvalue weighted by molar-refractivity contribution is 5.61. The molecule has 0 aliphatic heterocycles. The topological polar surface area (TPSA) is 41.9 Å². The molecule has 1 aromatic carbocycles. The number of methoxy groups -OCH3 is 2. The van der Waals surface area contributed by atoms with E-state index in [0.717, 1.165) is 17.2 Å². The van der Waals surface area contributed by atoms with Crippen LogP contribution in [0.4, 0.5) is 5.69 Å². The number of likely N-dealkylation sites (N-methyl/N-ethyl adjacent to an activating group) is 1. The third kappa shape index (κ3) is 3.03. The summed E-state index contributed by atoms with van der Waals surface area (Å²) in [5, 5.41) is 9.36. The van der Waals surface area contributed by atoms with Gasteiger partial charge >= 0.3 is 0 Å². The molecule has 1 unspecified atom stereocenters. The van der Waals surface area contributed by atoms with E-state index in [2.05, 4.69) is 0 Å². The Bertz CT molecular complexity index is 339. The third-order valence-electron chi connectivity index (χ3n) is 2.34. The van der Waals surface area contributed by atoms with Crippen LogP contribution in [0.15, 0.2) is 18.2 Å². The third-order valence-corrected chi connectivity index (χ3v) is 2.34. The van der Waals surface area contributed by atoms with Gasteiger partial charge in [0.2, 0.25) is 0 Å². The van der Waals surface area contributed by atoms with Crippen LogP contribution < -0.4 is 14.4 Å². The molecule has 0 aromatic heterocycles. The maximum absolute atomic E-state index is 9.36. The molecule has 0 aliphatic carbocycles. The minimum absolute atomic E-state index is 0.388. The Morgan fingerprint density at radius 3 is 2.50 bits per heavy atom. The molecule has 1 atom stereocenters. The zero-order chi connectivity index (χ0) is 12.1. The van der Waals surface area contributed by atoms with E-state index in [1.807, 2.05) is 30.1 Å². The second-order valence-electron chi connectivity index (χ2n) is 3.77. The van der Waals surface area contributed by atoms with Gasteiger partial charge in [-0.05, 0) is 19.1 Å². The molecule has 0 radical (unpaired) electrons. The molecule has 0 saturated heterocycles. The van der Waals surface area contributed by atoms with Crippen LogP contribution in [0.5, 0.6) is 11.5 Å². The fourth-order valence-electron chi connectivity index (χ4n) is 1.59. The number of hydrogen-bond acceptors (Lipinski definition) is 4. The lowest BCUT2D eigenvalue weighted by molar-refractivity contribution is 0.201. The predicted octanol–water partition coefficient (Wildman–Crippen LogP) is 1.52. The van der Waals surface area contributed by atoms with Crippen LogP contribution in [-0.4, -0.2) is 39.0 Å². The van der Waals surface area contributed by atoms with Crippen molar-refractivity contribution in [1.82, 2.24) is 0 Å². The summed E-state index contributed by atoms with van der Waals surface area (Å²) in [6.07, 6.45) is -0.388. The average molecular weight is 225 g/mol. The Morgan fingerprint density at radius 1 is 1.31 bits per heavy atom. The largest absolute Gasteiger partial charge is 0.497 e. The molecular formula is C12H19NO3. The van der Waals surface area contributed by atoms with Crippen LogP contribution in [0.2, 0.25) is 0 Å². The van der Waals surface area contributed by atoms with Crippen molar-refractivity contribution in [3.63, 3.8) is 0 Å². The summed E-state index contributed by atoms with van der Waals surface area (Å²) in [6, 6.07) is 5.59. The van der Waals surface area contributed by atoms with Gasteiger partial charge in [-0.15, -0.1) is 0 Å². The van der Waals surface area contributed by atoms with E-state index < -0.39 is 0 Å². The van der Waals surface area contributed by atoms with Gasteiger partial charge in [0.05, 0.1) is 26.0 Å². The molecule has 1 aromatic rings. The van der Waals surface area contributed by atoms with Gasteiger partial charge in [-0.2, -0.15) is 0 Å². The Kier molecular flexibility index (Phi) is 4.43. The summed E-state index contributed by atoms with van der Waals surface area (Å²) in [6.45, 7) is 2.30. The van der Waals surface area contributed by atoms with Crippen molar-refractivity contribution in [2.24, 2.45) is 0 Å². The van der Waals surface area contributed by atoms with Crippen molar-refractivity contribution >= 4 is 5.69 Å². The van der Waals surface area contributed by atoms with Crippen LogP contribution in [0.25, 0.3) is 0 Å². The molecule has 1 rings (SSSR count). The van der Waals surface area contributed by atoms with Crippen molar-refractivity contribution in [1.29, 1.82) is 0 Å². The van der Waals surface area contributed by atoms with Crippen LogP contribution >= 0.6 is 0 Å². The molecule has 0 fully saturated rings. The maximum atomic E-state index is 9.36. The fraction of sp³-hybridized carbons (Fsp3) is 0.500. The smallest absolute Gasteiger partial charge is 0.142 e. The Morgan fingerprint density at radius 2 is 2.00 bits per heavy atom. The first-order valence-electron chi connectivity index (χ1n) is 5.19. The standard InChI is InChI=1S/C12H19NO3/c1-9(14)8-13(2)11-7-10(15-3)5-6-12(11)16-4/h5-7,9,14H,8H2,1-4H3. The molecule has 4 heteroatoms. The molecule has 1 N–H and O–H groups in total. The summed E-state index contributed by atoms with van der Waals surface area (Å²) in [7, 11) is 5.16. The van der Waals surface area contributed by atoms with E-state index >= 15 is 0 Å². The minimum Gasteiger partial charge on any atom is -0.497 e. The summed E-state index contributed by atoms with van der Waals surface area (Å²) >= 11 is 0. The van der Waals surface area contributed by atoms with Crippen molar-refractivity contribution in [2.45, 2.75) is 13.0 Å². The molecule has 0 saturated carbocycles. The Hall–Kier alpha value is -1.42. The highest BCUT2D eigenvalue weighted by atomic mass is 16.5. The molecule has 0 heterocycles. The quantitative estimate of drug-likeness (QED) is 0.825. The zero-order valence-corrected chi connectivity index (χ0v) is 10.2. The van der Waals surface area contributed by atoms with Crippen LogP contribution in [-0.2, 0) is 0 Å². The average Bonchev–Trinajstić information content (AvgIpc) is 2.27. The van der Waals surface area contributed by atoms with E-state index in [1.165, 1.54) is 0 Å². The second kappa shape index (κ2) is 5.61. The zero-order valence-electron chi connectivity index (χ0n) is 10.2. The molecule has 4 nitrogen and oxygen atoms in total. The molecule has 0 aliphatic rings. The number of anilines is 1. The highest BCUT2D eigenvalue weighted by Gasteiger charge is 2.11. The SMILES string of the molecule is COc1ccc(OC)c(N(C)CC(C)O)c1. The molecule has 0 amide bonds. The first-order chi connectivity index (χ1) is 7.58. The molecule has 16 heavy (non-hydrogen) atoms. The number of hydrogen-bond donors (Lipinski definition) is 1. The van der Waals surface area contributed by atoms with Gasteiger partial charge in [0.15, 0.2) is 0 Å². The van der Waals surface area contributed by atoms with Crippen molar-refractivity contribution < 1.29 is 14.6 Å². The highest BCUT2D eigenvalue weighted by Crippen LogP contribution is 2.31. The number of aliphatic hydroxyl groups is 1. The van der Waals surface area contributed by atoms with Gasteiger partial charge in [-0.25, -0.2) is 0 Å². The first kappa shape index (κ1) is 12.6. The van der Waals surface area contributed by atoms with E-state index in [-0.39, 0.29) is 6.10 Å². The van der Waals surface area contributed by atoms with Gasteiger partial charge in [0.25, 0.3) is 0 Å². The number of rotatable bonds is 5. The number of aliphatic hydroxyl groups excluding tert-OH is 1. The number of ether oxygens (including phenoxy) is 2. The van der Waals surface area contributed by atoms with Crippen LogP contribution in [0, 0.1) is 0 Å². The predicted molar refractivity (Wildman–Crippen MR) is 64.5 cm³/mol. The summed E-state index contributed by atoms with van der Waals surface area (Å²) in [5.41, 5.74) is 0.905. The fourth-order valence-corrected chi connectivity index (χ4v) is 1.59. The Balaban J connectivity index is 2.98. The van der Waals surface area contributed by atoms with E-state index in [0.29, 0.717) is 6.54 Å². The van der Waals surface area contributed by atoms with Crippen LogP contribution in [0.1, 0.15) is 6.92 Å². The molecule has 0 bridgehead atoms. The van der Waals surface area contributed by atoms with E-state index in [9.17, 15) is 5.11 Å². The van der Waals surface area contributed by atoms with Gasteiger partial charge in [-0.1, -0.05) is 0 Å². The minimum atomic E-state index is -0.388. The summed E-state index contributed by atoms with van der Waals surface area (Å²) in [4.78, 5) is 1.94. The Labute approximate surface area is 96.4 Å². The normalized spacial score (nSPS) is 12.1. The second-order valence-corrected chi connectivity index (χ2v) is 3.77. The van der Waals surface area contributed by atoms with E-state index in [1.54, 1.807) is 21.1 Å². The van der Waals surface area contributed by atoms with E-state index in [4.69, 9.17) is 9.47 Å². The summed E-state index contributed by atoms with van der Waals surface area (Å²) in [5.74, 6) is 1.54. The van der Waals surface area contributed by atoms with Crippen molar-refractivity contribution in [2.75, 3.05) is 32.7 Å². The molecule has 0 spiro atoms. The van der Waals surface area contributed by atoms with Gasteiger partial charge in [0.1, 0.15) is 11.5 Å². The number of nitrogens with zero attached hydrogens (tertiary/aromatic N) is 1. The van der Waals surface area contributed by atoms with Crippen molar-refractivity contribution in [3.05, 3.63) is 18.2 Å². The van der Waals surface area contributed by atoms with Gasteiger partial charge in [-0.3, -0.25) is 0 Å². The summed E-state index contributed by atoms with van der Waals surface area (Å²) < 4.78 is 10.4. The first-order valence-corrected chi connectivity index (χ1v) is 5.19. The lowest BCUT2D eigenvalue weighted by Gasteiger charge is -2.23.